The molecule has 0 aromatic carbocycles. The molecule has 0 heterocycles. The first kappa shape index (κ1) is 23.6. The maximum Gasteiger partial charge on any atom is 0.417 e. The van der Waals surface area contributed by atoms with Crippen molar-refractivity contribution in [3.05, 3.63) is 0 Å². The van der Waals surface area contributed by atoms with Crippen molar-refractivity contribution >= 4 is 6.29 Å². The van der Waals surface area contributed by atoms with Crippen molar-refractivity contribution in [3.8, 4) is 0 Å². The highest BCUT2D eigenvalue weighted by molar-refractivity contribution is 5.49. The van der Waals surface area contributed by atoms with Gasteiger partial charge in [-0.15, -0.1) is 0 Å². The molecule has 31 heavy (non-hydrogen) atoms. The summed E-state index contributed by atoms with van der Waals surface area (Å²) in [6.45, 7) is 9.49. The minimum Gasteiger partial charge on any atom is -0.380 e. The van der Waals surface area contributed by atoms with Crippen LogP contribution in [0, 0.1) is 45.8 Å². The van der Waals surface area contributed by atoms with Gasteiger partial charge in [-0.05, 0) is 110 Å². The minimum atomic E-state index is -4.53. The van der Waals surface area contributed by atoms with Gasteiger partial charge in [-0.25, -0.2) is 0 Å². The predicted molar refractivity (Wildman–Crippen MR) is 115 cm³/mol. The third-order valence-corrected chi connectivity index (χ3v) is 11.3. The fourth-order valence-corrected chi connectivity index (χ4v) is 9.69. The van der Waals surface area contributed by atoms with Crippen molar-refractivity contribution in [2.24, 2.45) is 45.8 Å². The summed E-state index contributed by atoms with van der Waals surface area (Å²) in [6.07, 6.45) is 4.80. The molecule has 0 radical (unpaired) electrons. The number of rotatable bonds is 4. The molecule has 0 amide bonds. The largest absolute Gasteiger partial charge is 0.417 e. The lowest BCUT2D eigenvalue weighted by molar-refractivity contribution is -0.294. The Labute approximate surface area is 185 Å². The van der Waals surface area contributed by atoms with Gasteiger partial charge in [-0.1, -0.05) is 27.7 Å². The van der Waals surface area contributed by atoms with Gasteiger partial charge in [0.05, 0.1) is 0 Å². The molecule has 5 heteroatoms. The average Bonchev–Trinajstić information content (AvgIpc) is 3.04. The molecule has 4 aliphatic carbocycles. The summed E-state index contributed by atoms with van der Waals surface area (Å²) >= 11 is 0. The molecule has 4 rings (SSSR count). The van der Waals surface area contributed by atoms with Crippen molar-refractivity contribution in [1.82, 2.24) is 0 Å². The smallest absolute Gasteiger partial charge is 0.380 e. The van der Waals surface area contributed by atoms with E-state index in [0.717, 1.165) is 38.4 Å². The summed E-state index contributed by atoms with van der Waals surface area (Å²) in [4.78, 5) is 10.9. The van der Waals surface area contributed by atoms with Gasteiger partial charge in [-0.2, -0.15) is 13.2 Å². The lowest BCUT2D eigenvalue weighted by Gasteiger charge is -2.66. The van der Waals surface area contributed by atoms with Crippen molar-refractivity contribution in [3.63, 3.8) is 0 Å². The molecule has 178 valence electrons. The van der Waals surface area contributed by atoms with E-state index >= 15 is 0 Å². The van der Waals surface area contributed by atoms with Gasteiger partial charge in [0.1, 0.15) is 6.29 Å². The Kier molecular flexibility index (Phi) is 5.68. The molecule has 9 atom stereocenters. The van der Waals surface area contributed by atoms with E-state index in [0.29, 0.717) is 36.5 Å². The Morgan fingerprint density at radius 2 is 1.58 bits per heavy atom. The second-order valence-corrected chi connectivity index (χ2v) is 12.5. The second kappa shape index (κ2) is 7.46. The van der Waals surface area contributed by atoms with Crippen LogP contribution in [0.2, 0.25) is 0 Å². The van der Waals surface area contributed by atoms with Crippen molar-refractivity contribution < 1.29 is 23.1 Å². The van der Waals surface area contributed by atoms with Gasteiger partial charge >= 0.3 is 6.18 Å². The molecular weight excluding hydrogens is 401 g/mol. The lowest BCUT2D eigenvalue weighted by atomic mass is 9.38. The van der Waals surface area contributed by atoms with E-state index in [1.54, 1.807) is 0 Å². The Balaban J connectivity index is 1.58. The first-order valence-corrected chi connectivity index (χ1v) is 12.5. The zero-order valence-corrected chi connectivity index (χ0v) is 19.7. The van der Waals surface area contributed by atoms with Crippen LogP contribution < -0.4 is 0 Å². The van der Waals surface area contributed by atoms with Crippen LogP contribution in [0.1, 0.15) is 98.3 Å². The van der Waals surface area contributed by atoms with Crippen LogP contribution in [0.25, 0.3) is 0 Å². The first-order chi connectivity index (χ1) is 14.3. The number of carbonyl (C=O) groups excluding carboxylic acids is 1. The van der Waals surface area contributed by atoms with E-state index in [1.165, 1.54) is 12.8 Å². The number of aliphatic hydroxyl groups is 1. The normalized spacial score (nSPS) is 50.8. The molecule has 4 saturated carbocycles. The van der Waals surface area contributed by atoms with Crippen molar-refractivity contribution in [1.29, 1.82) is 0 Å². The maximum atomic E-state index is 13.6. The number of hydrogen-bond acceptors (Lipinski definition) is 2. The van der Waals surface area contributed by atoms with Gasteiger partial charge in [0.25, 0.3) is 0 Å². The molecule has 2 nitrogen and oxygen atoms in total. The quantitative estimate of drug-likeness (QED) is 0.479. The van der Waals surface area contributed by atoms with Crippen LogP contribution in [0.4, 0.5) is 13.2 Å². The number of carbonyl (C=O) groups is 1. The third-order valence-electron chi connectivity index (χ3n) is 11.3. The van der Waals surface area contributed by atoms with Crippen LogP contribution in [-0.4, -0.2) is 23.2 Å². The molecule has 2 unspecified atom stereocenters. The molecule has 1 N–H and O–H groups in total. The van der Waals surface area contributed by atoms with E-state index in [-0.39, 0.29) is 35.0 Å². The summed E-state index contributed by atoms with van der Waals surface area (Å²) < 4.78 is 40.7. The van der Waals surface area contributed by atoms with E-state index in [4.69, 9.17) is 0 Å². The predicted octanol–water partition coefficient (Wildman–Crippen LogP) is 6.94. The van der Waals surface area contributed by atoms with Crippen LogP contribution in [0.3, 0.4) is 0 Å². The SMILES string of the molecule is C[C@H](CCC=O)[C@H]1CC[C@H]2C3(C)CC[C@H]4C[C@](O)(C(F)(F)F)CC[C@]4(C)C3CC[C@]12C. The van der Waals surface area contributed by atoms with Gasteiger partial charge < -0.3 is 9.90 Å². The van der Waals surface area contributed by atoms with Gasteiger partial charge in [0, 0.05) is 6.42 Å². The maximum absolute atomic E-state index is 13.6. The van der Waals surface area contributed by atoms with Gasteiger partial charge in [0.2, 0.25) is 0 Å². The summed E-state index contributed by atoms with van der Waals surface area (Å²) in [5.41, 5.74) is -2.16. The Morgan fingerprint density at radius 3 is 2.23 bits per heavy atom. The Morgan fingerprint density at radius 1 is 0.935 bits per heavy atom. The number of aldehydes is 1. The minimum absolute atomic E-state index is 0.0426. The first-order valence-electron chi connectivity index (χ1n) is 12.5. The van der Waals surface area contributed by atoms with E-state index in [2.05, 4.69) is 27.7 Å². The van der Waals surface area contributed by atoms with E-state index in [9.17, 15) is 23.1 Å². The topological polar surface area (TPSA) is 37.3 Å². The number of hydrogen-bond donors (Lipinski definition) is 1. The van der Waals surface area contributed by atoms with Crippen LogP contribution >= 0.6 is 0 Å². The Hall–Kier alpha value is -0.580. The highest BCUT2D eigenvalue weighted by atomic mass is 19.4. The number of halogens is 3. The summed E-state index contributed by atoms with van der Waals surface area (Å²) in [7, 11) is 0. The number of alkyl halides is 3. The molecule has 4 fully saturated rings. The fourth-order valence-electron chi connectivity index (χ4n) is 9.69. The third kappa shape index (κ3) is 3.34. The van der Waals surface area contributed by atoms with Gasteiger partial charge in [0.15, 0.2) is 5.60 Å². The summed E-state index contributed by atoms with van der Waals surface area (Å²) in [5, 5.41) is 10.4. The van der Waals surface area contributed by atoms with Crippen LogP contribution in [0.5, 0.6) is 0 Å². The van der Waals surface area contributed by atoms with Crippen molar-refractivity contribution in [2.75, 3.05) is 0 Å². The van der Waals surface area contributed by atoms with E-state index in [1.807, 2.05) is 0 Å². The zero-order valence-electron chi connectivity index (χ0n) is 19.7. The summed E-state index contributed by atoms with van der Waals surface area (Å²) in [5.74, 6) is 2.20. The average molecular weight is 443 g/mol. The van der Waals surface area contributed by atoms with E-state index < -0.39 is 11.8 Å². The van der Waals surface area contributed by atoms with Crippen LogP contribution in [0.15, 0.2) is 0 Å². The molecule has 0 bridgehead atoms. The Bertz CT molecular complexity index is 707. The molecule has 4 aliphatic rings. The molecule has 0 aromatic rings. The van der Waals surface area contributed by atoms with Crippen LogP contribution in [-0.2, 0) is 4.79 Å². The highest BCUT2D eigenvalue weighted by Gasteiger charge is 2.68. The fraction of sp³-hybridized carbons (Fsp3) is 0.962. The summed E-state index contributed by atoms with van der Waals surface area (Å²) in [6, 6.07) is 0. The number of fused-ring (bicyclic) bond motifs is 5. The molecule has 0 aliphatic heterocycles. The standard InChI is InChI=1S/C26H41F3O2/c1-17(6-5-15-30)19-7-8-20-23(19,3)12-10-21-22(2)13-14-25(31,26(27,28)29)16-18(22)9-11-24(20,21)4/h15,17-21,31H,5-14,16H2,1-4H3/t17-,18+,19-,20-,21?,22+,23-,24?,25+/m1/s1. The zero-order chi connectivity index (χ0) is 22.9. The van der Waals surface area contributed by atoms with Crippen molar-refractivity contribution in [2.45, 2.75) is 110 Å². The molecule has 0 saturated heterocycles. The lowest BCUT2D eigenvalue weighted by Crippen LogP contribution is -2.62. The molecule has 0 aromatic heterocycles. The monoisotopic (exact) mass is 442 g/mol. The van der Waals surface area contributed by atoms with Gasteiger partial charge in [-0.3, -0.25) is 0 Å². The molecule has 0 spiro atoms. The highest BCUT2D eigenvalue weighted by Crippen LogP contribution is 2.73. The molecular formula is C26H41F3O2. The second-order valence-electron chi connectivity index (χ2n) is 12.5.